The highest BCUT2D eigenvalue weighted by atomic mass is 16.6. The SMILES string of the molecule is Cc1ccc(Nc2nc(N3CC[NH+](C)CC3)nc(N)c2[N+](=O)[O-])cc1. The van der Waals surface area contributed by atoms with Crippen LogP contribution < -0.4 is 20.9 Å². The molecule has 0 saturated carbocycles. The molecule has 1 aromatic heterocycles. The number of hydrogen-bond donors (Lipinski definition) is 3. The molecule has 132 valence electrons. The van der Waals surface area contributed by atoms with E-state index in [-0.39, 0.29) is 17.3 Å². The number of nitrogens with one attached hydrogen (secondary N) is 2. The van der Waals surface area contributed by atoms with Crippen LogP contribution in [0.4, 0.5) is 29.0 Å². The van der Waals surface area contributed by atoms with Crippen LogP contribution in [-0.2, 0) is 0 Å². The third-order valence-electron chi connectivity index (χ3n) is 4.30. The van der Waals surface area contributed by atoms with E-state index in [9.17, 15) is 10.1 Å². The summed E-state index contributed by atoms with van der Waals surface area (Å²) >= 11 is 0. The lowest BCUT2D eigenvalue weighted by Crippen LogP contribution is -3.12. The number of anilines is 4. The van der Waals surface area contributed by atoms with Gasteiger partial charge in [0.15, 0.2) is 0 Å². The van der Waals surface area contributed by atoms with Crippen molar-refractivity contribution in [3.8, 4) is 0 Å². The van der Waals surface area contributed by atoms with Crippen molar-refractivity contribution >= 4 is 29.0 Å². The van der Waals surface area contributed by atoms with E-state index in [2.05, 4.69) is 22.3 Å². The molecule has 0 spiro atoms. The molecule has 2 aromatic rings. The summed E-state index contributed by atoms with van der Waals surface area (Å²) in [5, 5.41) is 14.4. The summed E-state index contributed by atoms with van der Waals surface area (Å²) in [6, 6.07) is 7.53. The van der Waals surface area contributed by atoms with Crippen LogP contribution in [0.15, 0.2) is 24.3 Å². The van der Waals surface area contributed by atoms with Crippen molar-refractivity contribution in [2.45, 2.75) is 6.92 Å². The van der Waals surface area contributed by atoms with E-state index in [1.807, 2.05) is 36.1 Å². The molecule has 25 heavy (non-hydrogen) atoms. The van der Waals surface area contributed by atoms with Crippen LogP contribution >= 0.6 is 0 Å². The molecule has 4 N–H and O–H groups in total. The normalized spacial score (nSPS) is 15.2. The van der Waals surface area contributed by atoms with E-state index in [1.54, 1.807) is 0 Å². The van der Waals surface area contributed by atoms with Gasteiger partial charge in [-0.2, -0.15) is 9.97 Å². The van der Waals surface area contributed by atoms with Crippen LogP contribution in [0.25, 0.3) is 0 Å². The first-order valence-corrected chi connectivity index (χ1v) is 8.16. The van der Waals surface area contributed by atoms with Crippen molar-refractivity contribution in [1.29, 1.82) is 0 Å². The number of hydrogen-bond acceptors (Lipinski definition) is 7. The zero-order chi connectivity index (χ0) is 18.0. The Hall–Kier alpha value is -2.94. The largest absolute Gasteiger partial charge is 0.378 e. The van der Waals surface area contributed by atoms with E-state index in [0.717, 1.165) is 31.7 Å². The quantitative estimate of drug-likeness (QED) is 0.542. The summed E-state index contributed by atoms with van der Waals surface area (Å²) in [7, 11) is 2.13. The summed E-state index contributed by atoms with van der Waals surface area (Å²) in [4.78, 5) is 22.9. The Balaban J connectivity index is 1.95. The standard InChI is InChI=1S/C16H21N7O2/c1-11-3-5-12(6-4-11)18-15-13(23(24)25)14(17)19-16(20-15)22-9-7-21(2)8-10-22/h3-6H,7-10H2,1-2H3,(H3,17,18,19,20)/p+1. The summed E-state index contributed by atoms with van der Waals surface area (Å²) < 4.78 is 0. The van der Waals surface area contributed by atoms with Crippen molar-refractivity contribution in [2.24, 2.45) is 0 Å². The number of aryl methyl sites for hydroxylation is 1. The van der Waals surface area contributed by atoms with Gasteiger partial charge in [-0.1, -0.05) is 17.7 Å². The zero-order valence-electron chi connectivity index (χ0n) is 14.3. The van der Waals surface area contributed by atoms with Gasteiger partial charge in [-0.05, 0) is 19.1 Å². The lowest BCUT2D eigenvalue weighted by Gasteiger charge is -2.30. The van der Waals surface area contributed by atoms with Crippen molar-refractivity contribution in [3.63, 3.8) is 0 Å². The van der Waals surface area contributed by atoms with Crippen LogP contribution in [0, 0.1) is 17.0 Å². The van der Waals surface area contributed by atoms with E-state index in [4.69, 9.17) is 5.73 Å². The maximum atomic E-state index is 11.4. The molecule has 1 aliphatic heterocycles. The zero-order valence-corrected chi connectivity index (χ0v) is 14.3. The lowest BCUT2D eigenvalue weighted by molar-refractivity contribution is -0.880. The number of nitrogens with two attached hydrogens (primary N) is 1. The number of likely N-dealkylation sites (N-methyl/N-ethyl adjacent to an activating group) is 1. The molecular weight excluding hydrogens is 322 g/mol. The molecular formula is C16H22N7O2+. The number of aromatic nitrogens is 2. The second-order valence-corrected chi connectivity index (χ2v) is 6.30. The topological polar surface area (TPSA) is 115 Å². The Kier molecular flexibility index (Phi) is 4.66. The van der Waals surface area contributed by atoms with Crippen LogP contribution in [0.5, 0.6) is 0 Å². The monoisotopic (exact) mass is 344 g/mol. The van der Waals surface area contributed by atoms with Crippen molar-refractivity contribution in [3.05, 3.63) is 39.9 Å². The van der Waals surface area contributed by atoms with Gasteiger partial charge < -0.3 is 20.9 Å². The first-order valence-electron chi connectivity index (χ1n) is 8.16. The molecule has 2 heterocycles. The average Bonchev–Trinajstić information content (AvgIpc) is 2.57. The Morgan fingerprint density at radius 2 is 1.88 bits per heavy atom. The highest BCUT2D eigenvalue weighted by Crippen LogP contribution is 2.32. The van der Waals surface area contributed by atoms with Crippen molar-refractivity contribution < 1.29 is 9.82 Å². The van der Waals surface area contributed by atoms with Gasteiger partial charge in [0.2, 0.25) is 17.6 Å². The summed E-state index contributed by atoms with van der Waals surface area (Å²) in [5.41, 5.74) is 7.38. The van der Waals surface area contributed by atoms with Crippen LogP contribution in [0.2, 0.25) is 0 Å². The summed E-state index contributed by atoms with van der Waals surface area (Å²) in [5.74, 6) is 0.406. The minimum absolute atomic E-state index is 0.114. The molecule has 0 unspecified atom stereocenters. The molecule has 9 heteroatoms. The Bertz CT molecular complexity index is 771. The number of benzene rings is 1. The average molecular weight is 344 g/mol. The van der Waals surface area contributed by atoms with Crippen molar-refractivity contribution in [2.75, 3.05) is 49.2 Å². The first-order chi connectivity index (χ1) is 11.9. The maximum Gasteiger partial charge on any atom is 0.353 e. The predicted octanol–water partition coefficient (Wildman–Crippen LogP) is 0.354. The van der Waals surface area contributed by atoms with E-state index in [0.29, 0.717) is 11.6 Å². The second-order valence-electron chi connectivity index (χ2n) is 6.30. The number of nitrogens with zero attached hydrogens (tertiary/aromatic N) is 4. The molecule has 9 nitrogen and oxygen atoms in total. The maximum absolute atomic E-state index is 11.4. The number of rotatable bonds is 4. The number of nitrogen functional groups attached to an aromatic ring is 1. The highest BCUT2D eigenvalue weighted by molar-refractivity contribution is 5.74. The summed E-state index contributed by atoms with van der Waals surface area (Å²) in [6.45, 7) is 5.46. The first kappa shape index (κ1) is 16.9. The molecule has 1 saturated heterocycles. The Morgan fingerprint density at radius 3 is 2.48 bits per heavy atom. The second kappa shape index (κ2) is 6.89. The van der Waals surface area contributed by atoms with Crippen LogP contribution in [0.3, 0.4) is 0 Å². The smallest absolute Gasteiger partial charge is 0.353 e. The Morgan fingerprint density at radius 1 is 1.24 bits per heavy atom. The van der Waals surface area contributed by atoms with Gasteiger partial charge in [-0.15, -0.1) is 0 Å². The van der Waals surface area contributed by atoms with E-state index in [1.165, 1.54) is 4.90 Å². The number of piperazine rings is 1. The van der Waals surface area contributed by atoms with Gasteiger partial charge in [0.1, 0.15) is 0 Å². The summed E-state index contributed by atoms with van der Waals surface area (Å²) in [6.07, 6.45) is 0. The molecule has 0 radical (unpaired) electrons. The van der Waals surface area contributed by atoms with Crippen molar-refractivity contribution in [1.82, 2.24) is 9.97 Å². The van der Waals surface area contributed by atoms with E-state index < -0.39 is 4.92 Å². The number of nitro groups is 1. The van der Waals surface area contributed by atoms with Crippen LogP contribution in [-0.4, -0.2) is 48.1 Å². The number of quaternary nitrogens is 1. The molecule has 0 atom stereocenters. The lowest BCUT2D eigenvalue weighted by atomic mass is 10.2. The fourth-order valence-electron chi connectivity index (χ4n) is 2.73. The minimum atomic E-state index is -0.552. The van der Waals surface area contributed by atoms with Gasteiger partial charge >= 0.3 is 5.69 Å². The molecule has 1 aliphatic rings. The Labute approximate surface area is 145 Å². The van der Waals surface area contributed by atoms with Gasteiger partial charge in [0, 0.05) is 5.69 Å². The third kappa shape index (κ3) is 3.77. The fourth-order valence-corrected chi connectivity index (χ4v) is 2.73. The van der Waals surface area contributed by atoms with Gasteiger partial charge in [0.05, 0.1) is 38.2 Å². The predicted molar refractivity (Wildman–Crippen MR) is 96.4 cm³/mol. The molecule has 0 aliphatic carbocycles. The van der Waals surface area contributed by atoms with E-state index >= 15 is 0 Å². The molecule has 3 rings (SSSR count). The molecule has 0 bridgehead atoms. The van der Waals surface area contributed by atoms with Gasteiger partial charge in [0.25, 0.3) is 0 Å². The van der Waals surface area contributed by atoms with Crippen LogP contribution in [0.1, 0.15) is 5.56 Å². The highest BCUT2D eigenvalue weighted by Gasteiger charge is 2.27. The molecule has 1 fully saturated rings. The molecule has 0 amide bonds. The molecule has 1 aromatic carbocycles. The third-order valence-corrected chi connectivity index (χ3v) is 4.30. The fraction of sp³-hybridized carbons (Fsp3) is 0.375. The minimum Gasteiger partial charge on any atom is -0.378 e. The van der Waals surface area contributed by atoms with Gasteiger partial charge in [-0.3, -0.25) is 10.1 Å². The van der Waals surface area contributed by atoms with Gasteiger partial charge in [-0.25, -0.2) is 0 Å².